The smallest absolute Gasteiger partial charge is 0.374 e. The van der Waals surface area contributed by atoms with Crippen LogP contribution in [0, 0.1) is 5.82 Å². The average Bonchev–Trinajstić information content (AvgIpc) is 3.18. The molecule has 1 N–H and O–H groups in total. The van der Waals surface area contributed by atoms with E-state index >= 15 is 0 Å². The van der Waals surface area contributed by atoms with Crippen LogP contribution in [0.4, 0.5) is 30.7 Å². The standard InChI is InChI=1S/C20H13Cl2F7N2O3S/c21-12-4-11(5-13(22)6-12)18(20(27,28)29)7-15(31-34-18)10-1-2-16(14(23)3-10)35(33)8-17(32)30-9-19(24,25)26/h1-6H,7-9H2,(H,30,32)/t18-,35?/m0/s1. The van der Waals surface area contributed by atoms with Gasteiger partial charge in [-0.25, -0.2) is 4.39 Å². The molecule has 2 aromatic carbocycles. The summed E-state index contributed by atoms with van der Waals surface area (Å²) < 4.78 is 105. The Balaban J connectivity index is 1.81. The molecule has 0 saturated carbocycles. The zero-order valence-corrected chi connectivity index (χ0v) is 19.4. The summed E-state index contributed by atoms with van der Waals surface area (Å²) >= 11 is 11.7. The van der Waals surface area contributed by atoms with Gasteiger partial charge in [0.25, 0.3) is 5.60 Å². The molecule has 190 valence electrons. The summed E-state index contributed by atoms with van der Waals surface area (Å²) in [5.74, 6) is -3.35. The maximum absolute atomic E-state index is 14.6. The molecule has 35 heavy (non-hydrogen) atoms. The van der Waals surface area contributed by atoms with E-state index in [0.29, 0.717) is 0 Å². The fourth-order valence-electron chi connectivity index (χ4n) is 3.16. The maximum Gasteiger partial charge on any atom is 0.435 e. The minimum Gasteiger partial charge on any atom is -0.374 e. The van der Waals surface area contributed by atoms with Gasteiger partial charge in [0.05, 0.1) is 21.4 Å². The predicted molar refractivity (Wildman–Crippen MR) is 113 cm³/mol. The lowest BCUT2D eigenvalue weighted by molar-refractivity contribution is -0.275. The second-order valence-electron chi connectivity index (χ2n) is 7.32. The quantitative estimate of drug-likeness (QED) is 0.471. The van der Waals surface area contributed by atoms with Crippen LogP contribution in [0.25, 0.3) is 0 Å². The van der Waals surface area contributed by atoms with Crippen molar-refractivity contribution in [3.8, 4) is 0 Å². The Kier molecular flexibility index (Phi) is 7.73. The van der Waals surface area contributed by atoms with E-state index < -0.39 is 69.7 Å². The van der Waals surface area contributed by atoms with Crippen molar-refractivity contribution in [2.75, 3.05) is 12.3 Å². The van der Waals surface area contributed by atoms with E-state index in [1.165, 1.54) is 11.4 Å². The molecule has 15 heteroatoms. The van der Waals surface area contributed by atoms with Gasteiger partial charge >= 0.3 is 12.4 Å². The summed E-state index contributed by atoms with van der Waals surface area (Å²) in [6.07, 6.45) is -10.5. The van der Waals surface area contributed by atoms with E-state index in [4.69, 9.17) is 28.0 Å². The number of benzene rings is 2. The Hall–Kier alpha value is -2.38. The van der Waals surface area contributed by atoms with Crippen molar-refractivity contribution in [3.05, 3.63) is 63.4 Å². The summed E-state index contributed by atoms with van der Waals surface area (Å²) in [7, 11) is -2.36. The molecule has 1 aliphatic heterocycles. The Morgan fingerprint density at radius 2 is 1.71 bits per heavy atom. The van der Waals surface area contributed by atoms with Crippen molar-refractivity contribution < 1.29 is 44.6 Å². The molecule has 0 bridgehead atoms. The second kappa shape index (κ2) is 9.94. The number of alkyl halides is 6. The highest BCUT2D eigenvalue weighted by atomic mass is 35.5. The molecular formula is C20H13Cl2F7N2O3S. The van der Waals surface area contributed by atoms with E-state index in [1.54, 1.807) is 0 Å². The van der Waals surface area contributed by atoms with E-state index in [-0.39, 0.29) is 21.3 Å². The molecule has 2 atom stereocenters. The summed E-state index contributed by atoms with van der Waals surface area (Å²) in [6, 6.07) is 6.02. The van der Waals surface area contributed by atoms with E-state index in [2.05, 4.69) is 5.16 Å². The van der Waals surface area contributed by atoms with Gasteiger partial charge in [-0.2, -0.15) is 26.3 Å². The summed E-state index contributed by atoms with van der Waals surface area (Å²) in [5, 5.41) is 4.82. The van der Waals surface area contributed by atoms with Crippen LogP contribution in [0.2, 0.25) is 10.0 Å². The number of hydrogen-bond acceptors (Lipinski definition) is 4. The fourth-order valence-corrected chi connectivity index (χ4v) is 4.68. The average molecular weight is 565 g/mol. The molecule has 2 aromatic rings. The van der Waals surface area contributed by atoms with Crippen LogP contribution in [0.3, 0.4) is 0 Å². The minimum atomic E-state index is -4.98. The first kappa shape index (κ1) is 27.2. The first-order valence-electron chi connectivity index (χ1n) is 9.41. The Morgan fingerprint density at radius 1 is 1.09 bits per heavy atom. The van der Waals surface area contributed by atoms with Crippen molar-refractivity contribution in [2.24, 2.45) is 5.16 Å². The number of carbonyl (C=O) groups is 1. The van der Waals surface area contributed by atoms with Crippen LogP contribution in [-0.4, -0.2) is 40.5 Å². The fraction of sp³-hybridized carbons (Fsp3) is 0.300. The van der Waals surface area contributed by atoms with Gasteiger partial charge < -0.3 is 10.2 Å². The minimum absolute atomic E-state index is 0.0784. The van der Waals surface area contributed by atoms with Crippen LogP contribution in [0.5, 0.6) is 0 Å². The first-order valence-corrected chi connectivity index (χ1v) is 11.5. The lowest BCUT2D eigenvalue weighted by Crippen LogP contribution is -2.42. The van der Waals surface area contributed by atoms with Crippen molar-refractivity contribution in [3.63, 3.8) is 0 Å². The van der Waals surface area contributed by atoms with Gasteiger partial charge in [0.2, 0.25) is 5.91 Å². The van der Waals surface area contributed by atoms with Gasteiger partial charge in [0.1, 0.15) is 18.1 Å². The third kappa shape index (κ3) is 6.25. The largest absolute Gasteiger partial charge is 0.435 e. The monoisotopic (exact) mass is 564 g/mol. The maximum atomic E-state index is 14.6. The van der Waals surface area contributed by atoms with Crippen molar-refractivity contribution >= 4 is 45.6 Å². The number of oxime groups is 1. The Morgan fingerprint density at radius 3 is 2.26 bits per heavy atom. The SMILES string of the molecule is O=C(CS(=O)c1ccc(C2=NO[C@@](c3cc(Cl)cc(Cl)c3)(C(F)(F)F)C2)cc1F)NCC(F)(F)F. The zero-order valence-electron chi connectivity index (χ0n) is 17.1. The molecule has 1 unspecified atom stereocenters. The highest BCUT2D eigenvalue weighted by Gasteiger charge is 2.62. The predicted octanol–water partition coefficient (Wildman–Crippen LogP) is 5.50. The van der Waals surface area contributed by atoms with Crippen LogP contribution in [0.1, 0.15) is 17.5 Å². The van der Waals surface area contributed by atoms with E-state index in [9.17, 15) is 39.7 Å². The molecule has 0 aromatic heterocycles. The highest BCUT2D eigenvalue weighted by molar-refractivity contribution is 7.85. The van der Waals surface area contributed by atoms with Gasteiger partial charge in [0.15, 0.2) is 0 Å². The van der Waals surface area contributed by atoms with Crippen molar-refractivity contribution in [1.29, 1.82) is 0 Å². The zero-order chi connectivity index (χ0) is 26.2. The number of nitrogens with zero attached hydrogens (tertiary/aromatic N) is 1. The third-order valence-corrected chi connectivity index (χ3v) is 6.56. The lowest BCUT2D eigenvalue weighted by atomic mass is 9.86. The molecule has 1 amide bonds. The molecule has 1 heterocycles. The number of amides is 1. The lowest BCUT2D eigenvalue weighted by Gasteiger charge is -2.29. The highest BCUT2D eigenvalue weighted by Crippen LogP contribution is 2.49. The molecule has 1 aliphatic rings. The summed E-state index contributed by atoms with van der Waals surface area (Å²) in [6.45, 7) is -1.65. The number of carbonyl (C=O) groups excluding carboxylic acids is 1. The molecule has 5 nitrogen and oxygen atoms in total. The molecule has 3 rings (SSSR count). The molecular weight excluding hydrogens is 552 g/mol. The molecule has 0 saturated heterocycles. The van der Waals surface area contributed by atoms with Gasteiger partial charge in [-0.1, -0.05) is 34.4 Å². The van der Waals surface area contributed by atoms with Crippen molar-refractivity contribution in [2.45, 2.75) is 29.3 Å². The number of hydrogen-bond donors (Lipinski definition) is 1. The van der Waals surface area contributed by atoms with Crippen LogP contribution < -0.4 is 5.32 Å². The van der Waals surface area contributed by atoms with E-state index in [1.807, 2.05) is 0 Å². The van der Waals surface area contributed by atoms with Crippen LogP contribution >= 0.6 is 23.2 Å². The Labute approximate surface area is 205 Å². The topological polar surface area (TPSA) is 67.8 Å². The number of halogens is 9. The molecule has 0 radical (unpaired) electrons. The van der Waals surface area contributed by atoms with Gasteiger partial charge in [-0.15, -0.1) is 0 Å². The number of rotatable bonds is 6. The first-order chi connectivity index (χ1) is 16.1. The second-order valence-corrected chi connectivity index (χ2v) is 9.61. The number of nitrogens with one attached hydrogen (secondary N) is 1. The molecule has 0 spiro atoms. The normalized spacial score (nSPS) is 19.2. The third-order valence-electron chi connectivity index (χ3n) is 4.77. The van der Waals surface area contributed by atoms with Crippen molar-refractivity contribution in [1.82, 2.24) is 5.32 Å². The van der Waals surface area contributed by atoms with Gasteiger partial charge in [-0.3, -0.25) is 9.00 Å². The molecule has 0 aliphatic carbocycles. The molecule has 0 fully saturated rings. The van der Waals surface area contributed by atoms with Gasteiger partial charge in [0, 0.05) is 27.6 Å². The Bertz CT molecular complexity index is 1180. The van der Waals surface area contributed by atoms with Crippen LogP contribution in [0.15, 0.2) is 46.4 Å². The van der Waals surface area contributed by atoms with E-state index in [0.717, 1.165) is 30.3 Å². The van der Waals surface area contributed by atoms with Gasteiger partial charge in [-0.05, 0) is 30.3 Å². The summed E-state index contributed by atoms with van der Waals surface area (Å²) in [4.78, 5) is 15.8. The van der Waals surface area contributed by atoms with Crippen LogP contribution in [-0.2, 0) is 26.0 Å². The summed E-state index contributed by atoms with van der Waals surface area (Å²) in [5.41, 5.74) is -3.81.